The van der Waals surface area contributed by atoms with Crippen LogP contribution >= 0.6 is 0 Å². The van der Waals surface area contributed by atoms with Crippen LogP contribution < -0.4 is 4.57 Å². The molecule has 0 aliphatic rings. The zero-order valence-corrected chi connectivity index (χ0v) is 20.8. The molecule has 0 unspecified atom stereocenters. The van der Waals surface area contributed by atoms with Gasteiger partial charge in [0.25, 0.3) is 0 Å². The fourth-order valence-corrected chi connectivity index (χ4v) is 4.22. The molecule has 0 spiro atoms. The molecule has 5 rings (SSSR count). The fourth-order valence-electron chi connectivity index (χ4n) is 4.22. The highest BCUT2D eigenvalue weighted by Crippen LogP contribution is 2.35. The van der Waals surface area contributed by atoms with E-state index < -0.39 is 6.05 Å². The first-order valence-electron chi connectivity index (χ1n) is 12.3. The summed E-state index contributed by atoms with van der Waals surface area (Å²) >= 11 is 0. The molecular weight excluding hydrogens is 448 g/mol. The van der Waals surface area contributed by atoms with Crippen molar-refractivity contribution in [3.8, 4) is 33.6 Å². The quantitative estimate of drug-likeness (QED) is 0.222. The molecule has 5 aromatic rings. The second-order valence-corrected chi connectivity index (χ2v) is 8.36. The number of rotatable bonds is 5. The summed E-state index contributed by atoms with van der Waals surface area (Å²) in [5.41, 5.74) is 5.10. The van der Waals surface area contributed by atoms with Crippen molar-refractivity contribution in [1.29, 1.82) is 0 Å². The number of halogens is 2. The van der Waals surface area contributed by atoms with Gasteiger partial charge in [-0.05, 0) is 54.4 Å². The molecule has 0 bridgehead atoms. The first-order chi connectivity index (χ1) is 17.5. The van der Waals surface area contributed by atoms with Crippen LogP contribution in [-0.2, 0) is 6.05 Å². The molecule has 1 nitrogen and oxygen atoms in total. The summed E-state index contributed by atoms with van der Waals surface area (Å²) in [5.74, 6) is 0. The molecule has 0 fully saturated rings. The van der Waals surface area contributed by atoms with Gasteiger partial charge in [-0.2, -0.15) is 0 Å². The third kappa shape index (κ3) is 5.11. The van der Waals surface area contributed by atoms with E-state index in [2.05, 4.69) is 0 Å². The van der Waals surface area contributed by atoms with Crippen LogP contribution in [0.1, 0.15) is 25.0 Å². The van der Waals surface area contributed by atoms with Crippen LogP contribution in [0.2, 0.25) is 0 Å². The molecule has 0 aliphatic heterocycles. The second kappa shape index (κ2) is 11.1. The average molecular weight is 479 g/mol. The standard InChI is InChI=1S/C31H24F2N.C2H6/c1-23-17-19-28(20-18-23)31(32,33)34-29(25-13-7-3-8-14-25)21-27(24-11-5-2-6-12-24)22-30(34)26-15-9-4-10-16-26;1-2/h2-22H,1H3;1-2H3/q+1;. The van der Waals surface area contributed by atoms with Crippen molar-refractivity contribution in [2.75, 3.05) is 0 Å². The van der Waals surface area contributed by atoms with E-state index >= 15 is 8.78 Å². The molecule has 1 heterocycles. The van der Waals surface area contributed by atoms with Crippen molar-refractivity contribution in [2.24, 2.45) is 0 Å². The summed E-state index contributed by atoms with van der Waals surface area (Å²) in [6.45, 7) is 5.90. The van der Waals surface area contributed by atoms with Crippen LogP contribution in [0.5, 0.6) is 0 Å². The number of alkyl halides is 2. The van der Waals surface area contributed by atoms with Gasteiger partial charge >= 0.3 is 6.05 Å². The molecule has 0 aliphatic carbocycles. The number of nitrogens with zero attached hydrogens (tertiary/aromatic N) is 1. The Hall–Kier alpha value is -4.11. The smallest absolute Gasteiger partial charge is 0.134 e. The Kier molecular flexibility index (Phi) is 7.70. The molecular formula is C33H30F2N+. The Bertz CT molecular complexity index is 1330. The van der Waals surface area contributed by atoms with Gasteiger partial charge in [0.2, 0.25) is 11.4 Å². The summed E-state index contributed by atoms with van der Waals surface area (Å²) in [6, 6.07) is 35.6. The normalized spacial score (nSPS) is 10.9. The average Bonchev–Trinajstić information content (AvgIpc) is 2.95. The van der Waals surface area contributed by atoms with Crippen LogP contribution in [0.25, 0.3) is 33.6 Å². The van der Waals surface area contributed by atoms with Gasteiger partial charge in [0.1, 0.15) is 0 Å². The number of aromatic nitrogens is 1. The topological polar surface area (TPSA) is 3.88 Å². The van der Waals surface area contributed by atoms with Gasteiger partial charge in [0.05, 0.1) is 5.56 Å². The van der Waals surface area contributed by atoms with E-state index in [1.54, 1.807) is 12.1 Å². The third-order valence-corrected chi connectivity index (χ3v) is 5.99. The van der Waals surface area contributed by atoms with Gasteiger partial charge in [0.15, 0.2) is 0 Å². The zero-order chi connectivity index (χ0) is 25.5. The predicted octanol–water partition coefficient (Wildman–Crippen LogP) is 8.91. The Morgan fingerprint density at radius 1 is 0.500 bits per heavy atom. The summed E-state index contributed by atoms with van der Waals surface area (Å²) in [6.07, 6.45) is 0. The van der Waals surface area contributed by atoms with Crippen molar-refractivity contribution < 1.29 is 13.3 Å². The van der Waals surface area contributed by atoms with Crippen molar-refractivity contribution in [3.63, 3.8) is 0 Å². The Morgan fingerprint density at radius 3 is 1.31 bits per heavy atom. The lowest BCUT2D eigenvalue weighted by Gasteiger charge is -2.19. The van der Waals surface area contributed by atoms with Gasteiger partial charge in [-0.25, -0.2) is 0 Å². The van der Waals surface area contributed by atoms with E-state index in [0.29, 0.717) is 11.4 Å². The minimum Gasteiger partial charge on any atom is -0.134 e. The van der Waals surface area contributed by atoms with Crippen LogP contribution in [0.4, 0.5) is 8.78 Å². The lowest BCUT2D eigenvalue weighted by Crippen LogP contribution is -2.54. The Morgan fingerprint density at radius 2 is 0.889 bits per heavy atom. The van der Waals surface area contributed by atoms with E-state index in [-0.39, 0.29) is 5.56 Å². The summed E-state index contributed by atoms with van der Waals surface area (Å²) in [4.78, 5) is 0. The zero-order valence-electron chi connectivity index (χ0n) is 20.8. The maximum Gasteiger partial charge on any atom is 0.490 e. The number of pyridine rings is 1. The number of benzene rings is 4. The number of hydrogen-bond acceptors (Lipinski definition) is 0. The molecule has 0 saturated heterocycles. The predicted molar refractivity (Wildman–Crippen MR) is 145 cm³/mol. The third-order valence-electron chi connectivity index (χ3n) is 5.99. The van der Waals surface area contributed by atoms with E-state index in [1.165, 1.54) is 16.7 Å². The number of hydrogen-bond donors (Lipinski definition) is 0. The van der Waals surface area contributed by atoms with Crippen LogP contribution in [0, 0.1) is 6.92 Å². The van der Waals surface area contributed by atoms with Gasteiger partial charge in [0, 0.05) is 23.3 Å². The molecule has 180 valence electrons. The van der Waals surface area contributed by atoms with E-state index in [9.17, 15) is 0 Å². The first kappa shape index (κ1) is 25.0. The minimum atomic E-state index is -3.28. The van der Waals surface area contributed by atoms with Gasteiger partial charge in [-0.3, -0.25) is 0 Å². The van der Waals surface area contributed by atoms with E-state index in [4.69, 9.17) is 0 Å². The van der Waals surface area contributed by atoms with Crippen LogP contribution in [0.3, 0.4) is 0 Å². The largest absolute Gasteiger partial charge is 0.490 e. The molecule has 4 aromatic carbocycles. The number of aryl methyl sites for hydroxylation is 1. The molecule has 0 radical (unpaired) electrons. The first-order valence-corrected chi connectivity index (χ1v) is 12.3. The fraction of sp³-hybridized carbons (Fsp3) is 0.121. The Labute approximate surface area is 212 Å². The van der Waals surface area contributed by atoms with Crippen LogP contribution in [-0.4, -0.2) is 0 Å². The van der Waals surface area contributed by atoms with Crippen molar-refractivity contribution in [1.82, 2.24) is 0 Å². The summed E-state index contributed by atoms with van der Waals surface area (Å²) < 4.78 is 34.0. The highest BCUT2D eigenvalue weighted by molar-refractivity contribution is 5.73. The molecule has 0 N–H and O–H groups in total. The van der Waals surface area contributed by atoms with Gasteiger partial charge < -0.3 is 0 Å². The van der Waals surface area contributed by atoms with Gasteiger partial charge in [-0.1, -0.05) is 98.3 Å². The Balaban J connectivity index is 0.00000148. The molecule has 1 aromatic heterocycles. The second-order valence-electron chi connectivity index (χ2n) is 8.36. The maximum absolute atomic E-state index is 16.4. The SMILES string of the molecule is CC.Cc1ccc(C(F)(F)[n+]2c(-c3ccccc3)cc(-c3ccccc3)cc2-c2ccccc2)cc1. The molecule has 0 amide bonds. The van der Waals surface area contributed by atoms with Crippen molar-refractivity contribution >= 4 is 0 Å². The summed E-state index contributed by atoms with van der Waals surface area (Å²) in [7, 11) is 0. The monoisotopic (exact) mass is 478 g/mol. The lowest BCUT2D eigenvalue weighted by molar-refractivity contribution is -0.793. The lowest BCUT2D eigenvalue weighted by atomic mass is 9.98. The van der Waals surface area contributed by atoms with E-state index in [0.717, 1.165) is 27.8 Å². The molecule has 36 heavy (non-hydrogen) atoms. The van der Waals surface area contributed by atoms with Crippen LogP contribution in [0.15, 0.2) is 127 Å². The molecule has 0 atom stereocenters. The summed E-state index contributed by atoms with van der Waals surface area (Å²) in [5, 5.41) is 0. The molecule has 3 heteroatoms. The maximum atomic E-state index is 16.4. The minimum absolute atomic E-state index is 0.0510. The molecule has 0 saturated carbocycles. The van der Waals surface area contributed by atoms with Crippen molar-refractivity contribution in [2.45, 2.75) is 26.8 Å². The van der Waals surface area contributed by atoms with Gasteiger partial charge in [-0.15, -0.1) is 13.3 Å². The van der Waals surface area contributed by atoms with E-state index in [1.807, 2.05) is 124 Å². The highest BCUT2D eigenvalue weighted by atomic mass is 19.3. The highest BCUT2D eigenvalue weighted by Gasteiger charge is 2.48. The van der Waals surface area contributed by atoms with Crippen molar-refractivity contribution in [3.05, 3.63) is 139 Å².